The van der Waals surface area contributed by atoms with Gasteiger partial charge >= 0.3 is 0 Å². The molecular weight excluding hydrogens is 358 g/mol. The summed E-state index contributed by atoms with van der Waals surface area (Å²) in [5, 5.41) is 0.712. The number of anilines is 1. The molecule has 0 aliphatic heterocycles. The van der Waals surface area contributed by atoms with Gasteiger partial charge in [0.05, 0.1) is 38.5 Å². The number of hydrogen-bond donors (Lipinski definition) is 1. The molecule has 0 atom stereocenters. The molecule has 1 heterocycles. The van der Waals surface area contributed by atoms with Crippen LogP contribution >= 0.6 is 11.3 Å². The van der Waals surface area contributed by atoms with E-state index in [4.69, 9.17) is 9.72 Å². The highest BCUT2D eigenvalue weighted by atomic mass is 32.1. The third-order valence-electron chi connectivity index (χ3n) is 4.28. The summed E-state index contributed by atoms with van der Waals surface area (Å²) < 4.78 is 6.73. The number of rotatable bonds is 7. The molecule has 2 aromatic carbocycles. The number of hydrogen-bond acceptors (Lipinski definition) is 4. The van der Waals surface area contributed by atoms with E-state index in [-0.39, 0.29) is 5.91 Å². The summed E-state index contributed by atoms with van der Waals surface area (Å²) in [6.45, 7) is 6.01. The van der Waals surface area contributed by atoms with Crippen molar-refractivity contribution in [1.82, 2.24) is 4.98 Å². The number of benzene rings is 2. The highest BCUT2D eigenvalue weighted by Gasteiger charge is 2.23. The number of ether oxygens (including phenoxy) is 1. The third kappa shape index (κ3) is 4.46. The predicted octanol–water partition coefficient (Wildman–Crippen LogP) is 2.79. The maximum atomic E-state index is 13.2. The summed E-state index contributed by atoms with van der Waals surface area (Å²) in [6, 6.07) is 13.6. The van der Waals surface area contributed by atoms with Crippen LogP contribution in [-0.4, -0.2) is 44.7 Å². The van der Waals surface area contributed by atoms with Crippen LogP contribution in [0.15, 0.2) is 42.5 Å². The Morgan fingerprint density at radius 1 is 1.19 bits per heavy atom. The lowest BCUT2D eigenvalue weighted by molar-refractivity contribution is -0.856. The standard InChI is InChI=1S/C21H25N3O2S/c1-5-26-17-7-6-8-18-19(17)22-21(27-18)24(14-13-23(3)4)20(25)16-11-9-15(2)10-12-16/h6-12H,5,13-14H2,1-4H3/p+1. The Balaban J connectivity index is 1.99. The van der Waals surface area contributed by atoms with Crippen molar-refractivity contribution in [2.24, 2.45) is 0 Å². The van der Waals surface area contributed by atoms with E-state index in [1.807, 2.05) is 56.3 Å². The fourth-order valence-electron chi connectivity index (χ4n) is 2.77. The molecule has 5 nitrogen and oxygen atoms in total. The largest absolute Gasteiger partial charge is 0.492 e. The second-order valence-corrected chi connectivity index (χ2v) is 7.82. The Morgan fingerprint density at radius 3 is 2.59 bits per heavy atom. The molecule has 1 N–H and O–H groups in total. The van der Waals surface area contributed by atoms with Crippen LogP contribution in [0.2, 0.25) is 0 Å². The van der Waals surface area contributed by atoms with Crippen molar-refractivity contribution in [3.05, 3.63) is 53.6 Å². The normalized spacial score (nSPS) is 11.1. The smallest absolute Gasteiger partial charge is 0.260 e. The fraction of sp³-hybridized carbons (Fsp3) is 0.333. The Bertz CT molecular complexity index is 919. The van der Waals surface area contributed by atoms with Gasteiger partial charge in [0.15, 0.2) is 5.13 Å². The van der Waals surface area contributed by atoms with Gasteiger partial charge in [0.2, 0.25) is 0 Å². The van der Waals surface area contributed by atoms with Crippen molar-refractivity contribution in [3.63, 3.8) is 0 Å². The monoisotopic (exact) mass is 384 g/mol. The van der Waals surface area contributed by atoms with Gasteiger partial charge in [-0.25, -0.2) is 4.98 Å². The maximum absolute atomic E-state index is 13.2. The van der Waals surface area contributed by atoms with E-state index in [0.717, 1.165) is 28.1 Å². The van der Waals surface area contributed by atoms with Crippen molar-refractivity contribution in [3.8, 4) is 5.75 Å². The minimum absolute atomic E-state index is 0.0201. The molecule has 0 fully saturated rings. The number of quaternary nitrogens is 1. The van der Waals surface area contributed by atoms with Crippen molar-refractivity contribution >= 4 is 32.6 Å². The van der Waals surface area contributed by atoms with E-state index in [1.165, 1.54) is 16.2 Å². The van der Waals surface area contributed by atoms with Crippen LogP contribution in [0.5, 0.6) is 5.75 Å². The van der Waals surface area contributed by atoms with E-state index in [1.54, 1.807) is 4.90 Å². The zero-order chi connectivity index (χ0) is 19.4. The van der Waals surface area contributed by atoms with Crippen molar-refractivity contribution in [1.29, 1.82) is 0 Å². The molecule has 0 aliphatic carbocycles. The first-order valence-electron chi connectivity index (χ1n) is 9.19. The van der Waals surface area contributed by atoms with Gasteiger partial charge < -0.3 is 9.64 Å². The predicted molar refractivity (Wildman–Crippen MR) is 111 cm³/mol. The van der Waals surface area contributed by atoms with Crippen molar-refractivity contribution in [2.75, 3.05) is 38.7 Å². The molecule has 0 aliphatic rings. The summed E-state index contributed by atoms with van der Waals surface area (Å²) in [7, 11) is 4.17. The number of aryl methyl sites for hydroxylation is 1. The molecule has 0 radical (unpaired) electrons. The number of carbonyl (C=O) groups is 1. The van der Waals surface area contributed by atoms with E-state index in [9.17, 15) is 4.79 Å². The van der Waals surface area contributed by atoms with Gasteiger partial charge in [0.1, 0.15) is 11.3 Å². The first-order valence-corrected chi connectivity index (χ1v) is 10.0. The number of aromatic nitrogens is 1. The van der Waals surface area contributed by atoms with Crippen LogP contribution in [0.25, 0.3) is 10.2 Å². The topological polar surface area (TPSA) is 46.9 Å². The second-order valence-electron chi connectivity index (χ2n) is 6.81. The lowest BCUT2D eigenvalue weighted by Gasteiger charge is -2.20. The highest BCUT2D eigenvalue weighted by Crippen LogP contribution is 2.34. The quantitative estimate of drug-likeness (QED) is 0.681. The van der Waals surface area contributed by atoms with E-state index >= 15 is 0 Å². The van der Waals surface area contributed by atoms with E-state index < -0.39 is 0 Å². The number of likely N-dealkylation sites (N-methyl/N-ethyl adjacent to an activating group) is 1. The zero-order valence-electron chi connectivity index (χ0n) is 16.3. The number of amides is 1. The van der Waals surface area contributed by atoms with Crippen LogP contribution in [-0.2, 0) is 0 Å². The van der Waals surface area contributed by atoms with Gasteiger partial charge in [-0.1, -0.05) is 35.1 Å². The van der Waals surface area contributed by atoms with Gasteiger partial charge in [-0.2, -0.15) is 0 Å². The van der Waals surface area contributed by atoms with Crippen LogP contribution in [0.1, 0.15) is 22.8 Å². The first-order chi connectivity index (χ1) is 13.0. The lowest BCUT2D eigenvalue weighted by Crippen LogP contribution is -3.06. The number of para-hydroxylation sites is 1. The Hall–Kier alpha value is -2.44. The van der Waals surface area contributed by atoms with Crippen molar-refractivity contribution < 1.29 is 14.4 Å². The van der Waals surface area contributed by atoms with E-state index in [0.29, 0.717) is 23.8 Å². The lowest BCUT2D eigenvalue weighted by atomic mass is 10.1. The van der Waals surface area contributed by atoms with Crippen molar-refractivity contribution in [2.45, 2.75) is 13.8 Å². The minimum Gasteiger partial charge on any atom is -0.492 e. The van der Waals surface area contributed by atoms with Gasteiger partial charge in [0.25, 0.3) is 5.91 Å². The minimum atomic E-state index is -0.0201. The number of fused-ring (bicyclic) bond motifs is 1. The molecule has 3 rings (SSSR count). The van der Waals surface area contributed by atoms with Crippen LogP contribution in [0, 0.1) is 6.92 Å². The molecular formula is C21H26N3O2S+. The van der Waals surface area contributed by atoms with Crippen LogP contribution < -0.4 is 14.5 Å². The number of nitrogens with one attached hydrogen (secondary N) is 1. The SMILES string of the molecule is CCOc1cccc2sc(N(CC[NH+](C)C)C(=O)c3ccc(C)cc3)nc12. The summed E-state index contributed by atoms with van der Waals surface area (Å²) in [5.41, 5.74) is 2.63. The average Bonchev–Trinajstić information content (AvgIpc) is 3.07. The van der Waals surface area contributed by atoms with E-state index in [2.05, 4.69) is 14.1 Å². The molecule has 142 valence electrons. The summed E-state index contributed by atoms with van der Waals surface area (Å²) in [6.07, 6.45) is 0. The molecule has 0 saturated heterocycles. The number of nitrogens with zero attached hydrogens (tertiary/aromatic N) is 2. The summed E-state index contributed by atoms with van der Waals surface area (Å²) >= 11 is 1.53. The Kier molecular flexibility index (Phi) is 6.08. The first kappa shape index (κ1) is 19.3. The molecule has 1 amide bonds. The van der Waals surface area contributed by atoms with Gasteiger partial charge in [-0.05, 0) is 38.1 Å². The van der Waals surface area contributed by atoms with Crippen LogP contribution in [0.3, 0.4) is 0 Å². The van der Waals surface area contributed by atoms with Crippen LogP contribution in [0.4, 0.5) is 5.13 Å². The number of carbonyl (C=O) groups excluding carboxylic acids is 1. The molecule has 3 aromatic rings. The number of thiazole rings is 1. The maximum Gasteiger partial charge on any atom is 0.260 e. The average molecular weight is 385 g/mol. The highest BCUT2D eigenvalue weighted by molar-refractivity contribution is 7.22. The molecule has 27 heavy (non-hydrogen) atoms. The third-order valence-corrected chi connectivity index (χ3v) is 5.32. The van der Waals surface area contributed by atoms with Gasteiger partial charge in [-0.15, -0.1) is 0 Å². The Morgan fingerprint density at radius 2 is 1.93 bits per heavy atom. The molecule has 0 unspecified atom stereocenters. The molecule has 1 aromatic heterocycles. The molecule has 6 heteroatoms. The fourth-order valence-corrected chi connectivity index (χ4v) is 3.78. The zero-order valence-corrected chi connectivity index (χ0v) is 17.1. The van der Waals surface area contributed by atoms with Gasteiger partial charge in [0, 0.05) is 5.56 Å². The molecule has 0 saturated carbocycles. The second kappa shape index (κ2) is 8.50. The summed E-state index contributed by atoms with van der Waals surface area (Å²) in [5.74, 6) is 0.742. The van der Waals surface area contributed by atoms with Gasteiger partial charge in [-0.3, -0.25) is 9.69 Å². The molecule has 0 spiro atoms. The Labute approximate surface area is 164 Å². The summed E-state index contributed by atoms with van der Waals surface area (Å²) in [4.78, 5) is 21.0. The molecule has 0 bridgehead atoms.